The number of aliphatic hydroxyl groups excluding tert-OH is 1. The maximum Gasteiger partial charge on any atom is 0.495 e. The Morgan fingerprint density at radius 2 is 2.33 bits per heavy atom. The van der Waals surface area contributed by atoms with E-state index in [9.17, 15) is 5.02 Å². The lowest BCUT2D eigenvalue weighted by atomic mass is 9.79. The molecule has 1 aromatic rings. The third-order valence-corrected chi connectivity index (χ3v) is 3.00. The number of benzene rings is 1. The van der Waals surface area contributed by atoms with Gasteiger partial charge in [-0.25, -0.2) is 0 Å². The number of fused-ring (bicyclic) bond motifs is 1. The van der Waals surface area contributed by atoms with Gasteiger partial charge in [-0.3, -0.25) is 0 Å². The molecule has 0 fully saturated rings. The van der Waals surface area contributed by atoms with Crippen molar-refractivity contribution < 1.29 is 19.5 Å². The third-order valence-electron chi connectivity index (χ3n) is 3.00. The van der Waals surface area contributed by atoms with Gasteiger partial charge in [-0.05, 0) is 18.6 Å². The SMILES string of the molecule is CC(C[C@H](N)CO)Oc1cccc2c1B(O)OC2. The summed E-state index contributed by atoms with van der Waals surface area (Å²) < 4.78 is 10.9. The molecule has 2 atom stereocenters. The molecule has 6 heteroatoms. The van der Waals surface area contributed by atoms with Gasteiger partial charge in [-0.2, -0.15) is 0 Å². The molecule has 1 unspecified atom stereocenters. The number of aliphatic hydroxyl groups is 1. The van der Waals surface area contributed by atoms with E-state index in [1.807, 2.05) is 19.1 Å². The molecule has 0 radical (unpaired) electrons. The van der Waals surface area contributed by atoms with Crippen LogP contribution in [0.3, 0.4) is 0 Å². The van der Waals surface area contributed by atoms with E-state index in [-0.39, 0.29) is 18.8 Å². The average Bonchev–Trinajstić information content (AvgIpc) is 2.72. The smallest absolute Gasteiger partial charge is 0.491 e. The Kier molecular flexibility index (Phi) is 4.24. The lowest BCUT2D eigenvalue weighted by Crippen LogP contribution is -2.34. The average molecular weight is 251 g/mol. The second-order valence-corrected chi connectivity index (χ2v) is 4.60. The molecule has 2 rings (SSSR count). The van der Waals surface area contributed by atoms with Gasteiger partial charge in [-0.15, -0.1) is 0 Å². The monoisotopic (exact) mass is 251 g/mol. The van der Waals surface area contributed by atoms with E-state index in [1.165, 1.54) is 0 Å². The van der Waals surface area contributed by atoms with Crippen LogP contribution >= 0.6 is 0 Å². The van der Waals surface area contributed by atoms with Crippen LogP contribution in [-0.2, 0) is 11.3 Å². The topological polar surface area (TPSA) is 84.9 Å². The molecule has 4 N–H and O–H groups in total. The van der Waals surface area contributed by atoms with Gasteiger partial charge in [0.15, 0.2) is 0 Å². The second kappa shape index (κ2) is 5.71. The molecule has 0 aliphatic carbocycles. The first-order chi connectivity index (χ1) is 8.61. The number of hydrogen-bond acceptors (Lipinski definition) is 5. The van der Waals surface area contributed by atoms with Crippen molar-refractivity contribution in [2.24, 2.45) is 5.73 Å². The van der Waals surface area contributed by atoms with Gasteiger partial charge in [-0.1, -0.05) is 12.1 Å². The summed E-state index contributed by atoms with van der Waals surface area (Å²) in [6.07, 6.45) is 0.420. The van der Waals surface area contributed by atoms with Crippen LogP contribution in [0.1, 0.15) is 18.9 Å². The maximum atomic E-state index is 9.74. The van der Waals surface area contributed by atoms with E-state index < -0.39 is 7.12 Å². The van der Waals surface area contributed by atoms with Crippen molar-refractivity contribution in [3.8, 4) is 5.75 Å². The van der Waals surface area contributed by atoms with Crippen molar-refractivity contribution in [1.29, 1.82) is 0 Å². The Hall–Kier alpha value is -1.08. The standard InChI is InChI=1S/C12H18BNO4/c1-8(5-10(14)6-15)18-11-4-2-3-9-7-17-13(16)12(9)11/h2-4,8,10,15-16H,5-7,14H2,1H3/t8?,10-/m0/s1. The zero-order valence-corrected chi connectivity index (χ0v) is 10.4. The van der Waals surface area contributed by atoms with E-state index >= 15 is 0 Å². The lowest BCUT2D eigenvalue weighted by Gasteiger charge is -2.19. The third kappa shape index (κ3) is 2.84. The molecule has 0 bridgehead atoms. The van der Waals surface area contributed by atoms with Crippen LogP contribution in [0.25, 0.3) is 0 Å². The summed E-state index contributed by atoms with van der Waals surface area (Å²) in [6, 6.07) is 5.28. The molecule has 0 amide bonds. The fraction of sp³-hybridized carbons (Fsp3) is 0.500. The van der Waals surface area contributed by atoms with Gasteiger partial charge in [0.2, 0.25) is 0 Å². The van der Waals surface area contributed by atoms with Crippen molar-refractivity contribution in [2.75, 3.05) is 6.61 Å². The van der Waals surface area contributed by atoms with Crippen LogP contribution in [0.5, 0.6) is 5.75 Å². The molecule has 0 saturated carbocycles. The van der Waals surface area contributed by atoms with E-state index in [1.54, 1.807) is 6.07 Å². The van der Waals surface area contributed by atoms with Crippen LogP contribution in [0, 0.1) is 0 Å². The highest BCUT2D eigenvalue weighted by atomic mass is 16.5. The van der Waals surface area contributed by atoms with Gasteiger partial charge in [0.05, 0.1) is 19.3 Å². The first-order valence-electron chi connectivity index (χ1n) is 6.06. The molecule has 18 heavy (non-hydrogen) atoms. The molecular formula is C12H18BNO4. The largest absolute Gasteiger partial charge is 0.495 e. The number of ether oxygens (including phenoxy) is 1. The summed E-state index contributed by atoms with van der Waals surface area (Å²) in [6.45, 7) is 2.22. The van der Waals surface area contributed by atoms with Gasteiger partial charge < -0.3 is 25.3 Å². The quantitative estimate of drug-likeness (QED) is 0.607. The van der Waals surface area contributed by atoms with Crippen molar-refractivity contribution in [1.82, 2.24) is 0 Å². The van der Waals surface area contributed by atoms with E-state index in [4.69, 9.17) is 20.2 Å². The minimum atomic E-state index is -0.921. The highest BCUT2D eigenvalue weighted by molar-refractivity contribution is 6.62. The van der Waals surface area contributed by atoms with Gasteiger partial charge in [0.1, 0.15) is 5.75 Å². The summed E-state index contributed by atoms with van der Waals surface area (Å²) in [5, 5.41) is 18.6. The molecule has 0 spiro atoms. The minimum Gasteiger partial charge on any atom is -0.491 e. The van der Waals surface area contributed by atoms with E-state index in [0.717, 1.165) is 5.56 Å². The van der Waals surface area contributed by atoms with Crippen molar-refractivity contribution in [3.63, 3.8) is 0 Å². The molecule has 0 aromatic heterocycles. The van der Waals surface area contributed by atoms with Crippen LogP contribution in [-0.4, -0.2) is 36.0 Å². The first-order valence-corrected chi connectivity index (χ1v) is 6.06. The highest BCUT2D eigenvalue weighted by Crippen LogP contribution is 2.19. The molecule has 1 heterocycles. The number of hydrogen-bond donors (Lipinski definition) is 3. The Morgan fingerprint density at radius 1 is 1.56 bits per heavy atom. The zero-order valence-electron chi connectivity index (χ0n) is 10.4. The Labute approximate surface area is 107 Å². The number of rotatable bonds is 5. The minimum absolute atomic E-state index is 0.0632. The fourth-order valence-electron chi connectivity index (χ4n) is 2.12. The summed E-state index contributed by atoms with van der Waals surface area (Å²) in [7, 11) is -0.921. The predicted octanol–water partition coefficient (Wildman–Crippen LogP) is -0.619. The molecular weight excluding hydrogens is 233 g/mol. The Bertz CT molecular complexity index is 415. The van der Waals surface area contributed by atoms with E-state index in [2.05, 4.69) is 0 Å². The normalized spacial score (nSPS) is 17.4. The summed E-state index contributed by atoms with van der Waals surface area (Å²) in [5.41, 5.74) is 7.30. The Balaban J connectivity index is 2.08. The molecule has 0 saturated heterocycles. The summed E-state index contributed by atoms with van der Waals surface area (Å²) in [5.74, 6) is 0.620. The summed E-state index contributed by atoms with van der Waals surface area (Å²) >= 11 is 0. The molecule has 1 aromatic carbocycles. The van der Waals surface area contributed by atoms with Crippen LogP contribution < -0.4 is 15.9 Å². The van der Waals surface area contributed by atoms with Crippen molar-refractivity contribution in [2.45, 2.75) is 32.1 Å². The molecule has 5 nitrogen and oxygen atoms in total. The second-order valence-electron chi connectivity index (χ2n) is 4.60. The fourth-order valence-corrected chi connectivity index (χ4v) is 2.12. The van der Waals surface area contributed by atoms with Crippen molar-refractivity contribution >= 4 is 12.6 Å². The van der Waals surface area contributed by atoms with Gasteiger partial charge in [0.25, 0.3) is 0 Å². The van der Waals surface area contributed by atoms with Gasteiger partial charge >= 0.3 is 7.12 Å². The summed E-state index contributed by atoms with van der Waals surface area (Å²) in [4.78, 5) is 0. The van der Waals surface area contributed by atoms with Crippen molar-refractivity contribution in [3.05, 3.63) is 23.8 Å². The van der Waals surface area contributed by atoms with Crippen LogP contribution in [0.15, 0.2) is 18.2 Å². The van der Waals surface area contributed by atoms with Gasteiger partial charge in [0, 0.05) is 17.9 Å². The van der Waals surface area contributed by atoms with E-state index in [0.29, 0.717) is 24.2 Å². The zero-order chi connectivity index (χ0) is 13.1. The lowest BCUT2D eigenvalue weighted by molar-refractivity contribution is 0.175. The van der Waals surface area contributed by atoms with Crippen LogP contribution in [0.2, 0.25) is 0 Å². The number of nitrogens with two attached hydrogens (primary N) is 1. The Morgan fingerprint density at radius 3 is 3.06 bits per heavy atom. The predicted molar refractivity (Wildman–Crippen MR) is 68.6 cm³/mol. The van der Waals surface area contributed by atoms with Crippen LogP contribution in [0.4, 0.5) is 0 Å². The molecule has 1 aliphatic rings. The highest BCUT2D eigenvalue weighted by Gasteiger charge is 2.31. The molecule has 1 aliphatic heterocycles. The molecule has 98 valence electrons. The first kappa shape index (κ1) is 13.4. The maximum absolute atomic E-state index is 9.74.